The monoisotopic (exact) mass is 217 g/mol. The van der Waals surface area contributed by atoms with Gasteiger partial charge in [-0.05, 0) is 0 Å². The molecule has 1 amide bonds. The van der Waals surface area contributed by atoms with Gasteiger partial charge in [0.05, 0.1) is 25.7 Å². The van der Waals surface area contributed by atoms with Crippen LogP contribution in [0.5, 0.6) is 0 Å². The molecular weight excluding hydrogens is 202 g/mol. The number of rotatable bonds is 3. The van der Waals surface area contributed by atoms with Gasteiger partial charge in [-0.25, -0.2) is 0 Å². The smallest absolute Gasteiger partial charge is 0.230 e. The predicted molar refractivity (Wildman–Crippen MR) is 51.4 cm³/mol. The summed E-state index contributed by atoms with van der Waals surface area (Å²) in [4.78, 5) is 13.1. The summed E-state index contributed by atoms with van der Waals surface area (Å²) in [5, 5.41) is 19.9. The maximum Gasteiger partial charge on any atom is 0.230 e. The Morgan fingerprint density at radius 3 is 3.00 bits per heavy atom. The van der Waals surface area contributed by atoms with E-state index < -0.39 is 0 Å². The normalized spacial score (nSPS) is 22.9. The molecule has 1 rings (SSSR count). The number of morpholine rings is 1. The third kappa shape index (κ3) is 3.37. The van der Waals surface area contributed by atoms with Gasteiger partial charge in [-0.2, -0.15) is 0 Å². The van der Waals surface area contributed by atoms with Crippen LogP contribution in [0.2, 0.25) is 0 Å². The molecule has 0 saturated carbocycles. The van der Waals surface area contributed by atoms with Gasteiger partial charge in [0.15, 0.2) is 0 Å². The first-order valence-corrected chi connectivity index (χ1v) is 4.64. The van der Waals surface area contributed by atoms with Crippen LogP contribution in [0, 0.1) is 0 Å². The van der Waals surface area contributed by atoms with E-state index in [1.54, 1.807) is 0 Å². The summed E-state index contributed by atoms with van der Waals surface area (Å²) in [6, 6.07) is 0. The molecule has 0 spiro atoms. The summed E-state index contributed by atoms with van der Waals surface area (Å²) < 4.78 is 5.18. The van der Waals surface area contributed by atoms with Crippen molar-refractivity contribution in [3.05, 3.63) is 0 Å². The Balaban J connectivity index is 2.45. The van der Waals surface area contributed by atoms with Gasteiger partial charge in [-0.3, -0.25) is 4.79 Å². The van der Waals surface area contributed by atoms with E-state index in [1.165, 1.54) is 4.90 Å². The average Bonchev–Trinajstić information content (AvgIpc) is 2.28. The highest BCUT2D eigenvalue weighted by atomic mass is 16.5. The van der Waals surface area contributed by atoms with E-state index in [0.29, 0.717) is 19.7 Å². The summed E-state index contributed by atoms with van der Waals surface area (Å²) in [6.45, 7) is 1.09. The largest absolute Gasteiger partial charge is 0.409 e. The molecule has 0 aromatic rings. The molecule has 0 aliphatic carbocycles. The molecule has 86 valence electrons. The Labute approximate surface area is 87.1 Å². The molecule has 7 nitrogen and oxygen atoms in total. The van der Waals surface area contributed by atoms with Crippen LogP contribution >= 0.6 is 0 Å². The van der Waals surface area contributed by atoms with Gasteiger partial charge in [-0.1, -0.05) is 5.16 Å². The van der Waals surface area contributed by atoms with Gasteiger partial charge in [0.1, 0.15) is 5.84 Å². The second-order valence-corrected chi connectivity index (χ2v) is 3.28. The van der Waals surface area contributed by atoms with Crippen molar-refractivity contribution < 1.29 is 19.8 Å². The molecule has 15 heavy (non-hydrogen) atoms. The zero-order chi connectivity index (χ0) is 11.3. The highest BCUT2D eigenvalue weighted by Gasteiger charge is 2.23. The van der Waals surface area contributed by atoms with Crippen molar-refractivity contribution in [1.29, 1.82) is 0 Å². The molecule has 0 bridgehead atoms. The van der Waals surface area contributed by atoms with Crippen LogP contribution in [0.15, 0.2) is 5.16 Å². The highest BCUT2D eigenvalue weighted by molar-refractivity contribution is 5.98. The fourth-order valence-electron chi connectivity index (χ4n) is 1.36. The van der Waals surface area contributed by atoms with E-state index in [0.717, 1.165) is 0 Å². The minimum atomic E-state index is -0.338. The van der Waals surface area contributed by atoms with E-state index in [1.807, 2.05) is 0 Å². The van der Waals surface area contributed by atoms with Crippen LogP contribution in [0.4, 0.5) is 0 Å². The number of carbonyl (C=O) groups is 1. The Bertz CT molecular complexity index is 256. The van der Waals surface area contributed by atoms with Gasteiger partial charge in [0.2, 0.25) is 5.91 Å². The van der Waals surface area contributed by atoms with Crippen molar-refractivity contribution in [2.24, 2.45) is 10.9 Å². The maximum atomic E-state index is 11.5. The van der Waals surface area contributed by atoms with E-state index in [4.69, 9.17) is 20.8 Å². The zero-order valence-electron chi connectivity index (χ0n) is 8.30. The van der Waals surface area contributed by atoms with Crippen LogP contribution in [-0.2, 0) is 9.53 Å². The molecule has 4 N–H and O–H groups in total. The number of aliphatic hydroxyl groups excluding tert-OH is 1. The summed E-state index contributed by atoms with van der Waals surface area (Å²) >= 11 is 0. The fourth-order valence-corrected chi connectivity index (χ4v) is 1.36. The molecular formula is C8H15N3O4. The quantitative estimate of drug-likeness (QED) is 0.227. The molecule has 1 fully saturated rings. The standard InChI is InChI=1S/C8H15N3O4/c9-7(10-14)3-8(13)11-1-2-15-6(4-11)5-12/h6,12,14H,1-5H2,(H2,9,10). The Morgan fingerprint density at radius 1 is 1.67 bits per heavy atom. The van der Waals surface area contributed by atoms with E-state index in [2.05, 4.69) is 5.16 Å². The summed E-state index contributed by atoms with van der Waals surface area (Å²) in [5.74, 6) is -0.348. The molecule has 7 heteroatoms. The van der Waals surface area contributed by atoms with Gasteiger partial charge < -0.3 is 25.7 Å². The van der Waals surface area contributed by atoms with Crippen molar-refractivity contribution in [3.8, 4) is 0 Å². The lowest BCUT2D eigenvalue weighted by Crippen LogP contribution is -2.47. The minimum absolute atomic E-state index is 0.116. The number of amidine groups is 1. The van der Waals surface area contributed by atoms with Gasteiger partial charge in [-0.15, -0.1) is 0 Å². The van der Waals surface area contributed by atoms with E-state index >= 15 is 0 Å². The molecule has 1 aliphatic rings. The predicted octanol–water partition coefficient (Wildman–Crippen LogP) is -1.66. The number of ether oxygens (including phenoxy) is 1. The second-order valence-electron chi connectivity index (χ2n) is 3.28. The maximum absolute atomic E-state index is 11.5. The zero-order valence-corrected chi connectivity index (χ0v) is 8.30. The van der Waals surface area contributed by atoms with Crippen LogP contribution in [-0.4, -0.2) is 59.4 Å². The molecule has 1 heterocycles. The number of aliphatic hydroxyl groups is 1. The summed E-state index contributed by atoms with van der Waals surface area (Å²) in [5.41, 5.74) is 5.22. The molecule has 1 saturated heterocycles. The molecule has 0 aromatic carbocycles. The first kappa shape index (κ1) is 11.7. The SMILES string of the molecule is NC(CC(=O)N1CCOC(CO)C1)=NO. The van der Waals surface area contributed by atoms with E-state index in [-0.39, 0.29) is 30.9 Å². The first-order chi connectivity index (χ1) is 7.17. The van der Waals surface area contributed by atoms with Crippen molar-refractivity contribution in [3.63, 3.8) is 0 Å². The number of nitrogens with two attached hydrogens (primary N) is 1. The lowest BCUT2D eigenvalue weighted by molar-refractivity contribution is -0.138. The fraction of sp³-hybridized carbons (Fsp3) is 0.750. The number of oxime groups is 1. The summed E-state index contributed by atoms with van der Waals surface area (Å²) in [6.07, 6.45) is -0.454. The molecule has 1 atom stereocenters. The molecule has 0 aromatic heterocycles. The van der Waals surface area contributed by atoms with Crippen LogP contribution in [0.3, 0.4) is 0 Å². The van der Waals surface area contributed by atoms with Crippen molar-refractivity contribution in [2.75, 3.05) is 26.3 Å². The number of hydrogen-bond donors (Lipinski definition) is 3. The average molecular weight is 217 g/mol. The van der Waals surface area contributed by atoms with Gasteiger partial charge >= 0.3 is 0 Å². The van der Waals surface area contributed by atoms with Crippen LogP contribution in [0.25, 0.3) is 0 Å². The Hall–Kier alpha value is -1.34. The first-order valence-electron chi connectivity index (χ1n) is 4.64. The van der Waals surface area contributed by atoms with Crippen LogP contribution < -0.4 is 5.73 Å². The number of amides is 1. The van der Waals surface area contributed by atoms with Crippen molar-refractivity contribution >= 4 is 11.7 Å². The molecule has 0 radical (unpaired) electrons. The number of carbonyl (C=O) groups excluding carboxylic acids is 1. The van der Waals surface area contributed by atoms with Gasteiger partial charge in [0, 0.05) is 13.1 Å². The second kappa shape index (κ2) is 5.52. The Kier molecular flexibility index (Phi) is 4.32. The van der Waals surface area contributed by atoms with Crippen LogP contribution in [0.1, 0.15) is 6.42 Å². The molecule has 1 unspecified atom stereocenters. The number of nitrogens with zero attached hydrogens (tertiary/aromatic N) is 2. The summed E-state index contributed by atoms with van der Waals surface area (Å²) in [7, 11) is 0. The topological polar surface area (TPSA) is 108 Å². The third-order valence-electron chi connectivity index (χ3n) is 2.16. The number of hydrogen-bond acceptors (Lipinski definition) is 5. The lowest BCUT2D eigenvalue weighted by Gasteiger charge is -2.31. The van der Waals surface area contributed by atoms with Gasteiger partial charge in [0.25, 0.3) is 0 Å². The van der Waals surface area contributed by atoms with Crippen molar-refractivity contribution in [2.45, 2.75) is 12.5 Å². The highest BCUT2D eigenvalue weighted by Crippen LogP contribution is 2.06. The lowest BCUT2D eigenvalue weighted by atomic mass is 10.2. The Morgan fingerprint density at radius 2 is 2.40 bits per heavy atom. The van der Waals surface area contributed by atoms with Crippen molar-refractivity contribution in [1.82, 2.24) is 4.90 Å². The third-order valence-corrected chi connectivity index (χ3v) is 2.16. The van der Waals surface area contributed by atoms with E-state index in [9.17, 15) is 4.79 Å². The molecule has 1 aliphatic heterocycles. The minimum Gasteiger partial charge on any atom is -0.409 e.